The molecule has 100 valence electrons. The predicted molar refractivity (Wildman–Crippen MR) is 73.5 cm³/mol. The third kappa shape index (κ3) is 5.96. The minimum Gasteiger partial charge on any atom is -0.461 e. The molecule has 17 heavy (non-hydrogen) atoms. The summed E-state index contributed by atoms with van der Waals surface area (Å²) in [4.78, 5) is 13.5. The van der Waals surface area contributed by atoms with Crippen LogP contribution in [0.3, 0.4) is 0 Å². The largest absolute Gasteiger partial charge is 0.461 e. The fourth-order valence-corrected chi connectivity index (χ4v) is 2.02. The first-order valence-corrected chi connectivity index (χ1v) is 7.14. The maximum absolute atomic E-state index is 11.5. The Bertz CT molecular complexity index is 267. The first-order chi connectivity index (χ1) is 8.08. The number of unbranched alkanes of at least 4 members (excludes halogenated alkanes) is 2. The monoisotopic (exact) mass is 306 g/mol. The number of esters is 1. The number of nitrogens with zero attached hydrogens (tertiary/aromatic N) is 1. The van der Waals surface area contributed by atoms with Crippen LogP contribution in [-0.2, 0) is 9.53 Å². The van der Waals surface area contributed by atoms with Gasteiger partial charge in [0, 0.05) is 12.2 Å². The van der Waals surface area contributed by atoms with Crippen LogP contribution in [0, 0.1) is 0 Å². The number of carbonyl (C=O) groups excluding carboxylic acids is 1. The molecule has 0 rings (SSSR count). The summed E-state index contributed by atoms with van der Waals surface area (Å²) in [6, 6.07) is 0. The zero-order chi connectivity index (χ0) is 13.3. The number of carbonyl (C=O) groups is 1. The van der Waals surface area contributed by atoms with Gasteiger partial charge in [-0.2, -0.15) is 0 Å². The van der Waals surface area contributed by atoms with Gasteiger partial charge in [-0.15, -0.1) is 0 Å². The van der Waals surface area contributed by atoms with Gasteiger partial charge in [0.25, 0.3) is 0 Å². The second-order valence-electron chi connectivity index (χ2n) is 3.81. The van der Waals surface area contributed by atoms with Crippen molar-refractivity contribution in [3.8, 4) is 0 Å². The van der Waals surface area contributed by atoms with Gasteiger partial charge >= 0.3 is 5.97 Å². The van der Waals surface area contributed by atoms with Gasteiger partial charge in [0.1, 0.15) is 5.70 Å². The number of alkyl halides is 1. The first-order valence-electron chi connectivity index (χ1n) is 6.02. The molecule has 0 aromatic heterocycles. The SMILES string of the molecule is CCCCCN(CBr)/C(C)=C(\N)C(=O)OCC. The number of rotatable bonds is 8. The molecule has 0 aliphatic heterocycles. The van der Waals surface area contributed by atoms with Crippen molar-refractivity contribution in [2.45, 2.75) is 40.0 Å². The molecule has 0 aromatic carbocycles. The minimum atomic E-state index is -0.438. The number of hydrogen-bond donors (Lipinski definition) is 1. The summed E-state index contributed by atoms with van der Waals surface area (Å²) in [6.07, 6.45) is 3.44. The van der Waals surface area contributed by atoms with Crippen LogP contribution in [-0.4, -0.2) is 29.5 Å². The summed E-state index contributed by atoms with van der Waals surface area (Å²) in [5.74, 6) is -0.438. The van der Waals surface area contributed by atoms with E-state index < -0.39 is 5.97 Å². The lowest BCUT2D eigenvalue weighted by atomic mass is 10.2. The van der Waals surface area contributed by atoms with Gasteiger partial charge < -0.3 is 15.4 Å². The highest BCUT2D eigenvalue weighted by Gasteiger charge is 2.14. The highest BCUT2D eigenvalue weighted by atomic mass is 79.9. The molecule has 4 nitrogen and oxygen atoms in total. The molecule has 0 heterocycles. The van der Waals surface area contributed by atoms with Crippen molar-refractivity contribution in [1.29, 1.82) is 0 Å². The van der Waals surface area contributed by atoms with E-state index in [1.54, 1.807) is 6.92 Å². The molecule has 0 bridgehead atoms. The summed E-state index contributed by atoms with van der Waals surface area (Å²) in [5.41, 5.74) is 7.41. The molecule has 0 aliphatic carbocycles. The van der Waals surface area contributed by atoms with Crippen molar-refractivity contribution in [2.24, 2.45) is 5.73 Å². The topological polar surface area (TPSA) is 55.6 Å². The lowest BCUT2D eigenvalue weighted by Gasteiger charge is -2.23. The quantitative estimate of drug-likeness (QED) is 0.246. The second kappa shape index (κ2) is 9.33. The third-order valence-corrected chi connectivity index (χ3v) is 3.14. The van der Waals surface area contributed by atoms with Crippen LogP contribution in [0.25, 0.3) is 0 Å². The van der Waals surface area contributed by atoms with Gasteiger partial charge in [0.05, 0.1) is 12.1 Å². The summed E-state index contributed by atoms with van der Waals surface area (Å²) in [5, 5.41) is 0. The van der Waals surface area contributed by atoms with Crippen LogP contribution >= 0.6 is 15.9 Å². The van der Waals surface area contributed by atoms with Crippen LogP contribution in [0.15, 0.2) is 11.4 Å². The van der Waals surface area contributed by atoms with Crippen molar-refractivity contribution in [3.63, 3.8) is 0 Å². The van der Waals surface area contributed by atoms with E-state index in [-0.39, 0.29) is 5.70 Å². The van der Waals surface area contributed by atoms with Gasteiger partial charge in [0.2, 0.25) is 0 Å². The Balaban J connectivity index is 4.52. The van der Waals surface area contributed by atoms with Gasteiger partial charge in [-0.1, -0.05) is 35.7 Å². The Labute approximate surface area is 112 Å². The molecular formula is C12H23BrN2O2. The smallest absolute Gasteiger partial charge is 0.355 e. The third-order valence-electron chi connectivity index (χ3n) is 2.54. The van der Waals surface area contributed by atoms with Gasteiger partial charge in [-0.3, -0.25) is 0 Å². The fraction of sp³-hybridized carbons (Fsp3) is 0.750. The molecule has 0 fully saturated rings. The Kier molecular flexibility index (Phi) is 8.94. The van der Waals surface area contributed by atoms with Crippen LogP contribution in [0.5, 0.6) is 0 Å². The highest BCUT2D eigenvalue weighted by molar-refractivity contribution is 9.09. The van der Waals surface area contributed by atoms with E-state index in [4.69, 9.17) is 10.5 Å². The fourth-order valence-electron chi connectivity index (χ4n) is 1.40. The molecule has 0 saturated heterocycles. The lowest BCUT2D eigenvalue weighted by molar-refractivity contribution is -0.138. The van der Waals surface area contributed by atoms with E-state index in [0.717, 1.165) is 18.7 Å². The zero-order valence-electron chi connectivity index (χ0n) is 11.0. The Hall–Kier alpha value is -0.710. The number of ether oxygens (including phenoxy) is 1. The molecule has 0 unspecified atom stereocenters. The summed E-state index contributed by atoms with van der Waals surface area (Å²) >= 11 is 3.41. The number of halogens is 1. The first kappa shape index (κ1) is 16.3. The molecule has 0 radical (unpaired) electrons. The minimum absolute atomic E-state index is 0.197. The van der Waals surface area contributed by atoms with E-state index in [1.165, 1.54) is 12.8 Å². The van der Waals surface area contributed by atoms with Crippen LogP contribution in [0.1, 0.15) is 40.0 Å². The van der Waals surface area contributed by atoms with Crippen molar-refractivity contribution in [2.75, 3.05) is 18.6 Å². The number of allylic oxidation sites excluding steroid dienone is 1. The molecule has 0 saturated carbocycles. The van der Waals surface area contributed by atoms with Crippen molar-refractivity contribution < 1.29 is 9.53 Å². The molecule has 0 aromatic rings. The van der Waals surface area contributed by atoms with E-state index >= 15 is 0 Å². The predicted octanol–water partition coefficient (Wildman–Crippen LogP) is 2.58. The molecular weight excluding hydrogens is 284 g/mol. The van der Waals surface area contributed by atoms with Crippen molar-refractivity contribution in [1.82, 2.24) is 4.90 Å². The van der Waals surface area contributed by atoms with E-state index in [9.17, 15) is 4.79 Å². The summed E-state index contributed by atoms with van der Waals surface area (Å²) in [6.45, 7) is 7.01. The van der Waals surface area contributed by atoms with Crippen LogP contribution < -0.4 is 5.73 Å². The number of nitrogens with two attached hydrogens (primary N) is 1. The van der Waals surface area contributed by atoms with Gasteiger partial charge in [-0.25, -0.2) is 4.79 Å². The molecule has 0 spiro atoms. The number of hydrogen-bond acceptors (Lipinski definition) is 4. The average Bonchev–Trinajstić information content (AvgIpc) is 2.33. The van der Waals surface area contributed by atoms with E-state index in [0.29, 0.717) is 12.1 Å². The maximum atomic E-state index is 11.5. The van der Waals surface area contributed by atoms with E-state index in [1.807, 2.05) is 11.8 Å². The summed E-state index contributed by atoms with van der Waals surface area (Å²) in [7, 11) is 0. The maximum Gasteiger partial charge on any atom is 0.355 e. The van der Waals surface area contributed by atoms with Crippen LogP contribution in [0.4, 0.5) is 0 Å². The standard InChI is InChI=1S/C12H23BrN2O2/c1-4-6-7-8-15(9-13)10(3)11(14)12(16)17-5-2/h4-9,14H2,1-3H3/b11-10-. The average molecular weight is 307 g/mol. The zero-order valence-corrected chi connectivity index (χ0v) is 12.5. The Morgan fingerprint density at radius 1 is 1.35 bits per heavy atom. The Morgan fingerprint density at radius 3 is 2.47 bits per heavy atom. The summed E-state index contributed by atoms with van der Waals surface area (Å²) < 4.78 is 4.88. The molecule has 0 atom stereocenters. The van der Waals surface area contributed by atoms with Crippen LogP contribution in [0.2, 0.25) is 0 Å². The van der Waals surface area contributed by atoms with Gasteiger partial charge in [0.15, 0.2) is 0 Å². The molecule has 5 heteroatoms. The Morgan fingerprint density at radius 2 is 2.00 bits per heavy atom. The van der Waals surface area contributed by atoms with E-state index in [2.05, 4.69) is 22.9 Å². The lowest BCUT2D eigenvalue weighted by Crippen LogP contribution is -2.27. The highest BCUT2D eigenvalue weighted by Crippen LogP contribution is 2.11. The molecule has 2 N–H and O–H groups in total. The van der Waals surface area contributed by atoms with Crippen molar-refractivity contribution >= 4 is 21.9 Å². The van der Waals surface area contributed by atoms with Crippen molar-refractivity contribution in [3.05, 3.63) is 11.4 Å². The molecule has 0 amide bonds. The van der Waals surface area contributed by atoms with Gasteiger partial charge in [-0.05, 0) is 20.3 Å². The normalized spacial score (nSPS) is 12.0. The molecule has 0 aliphatic rings. The second-order valence-corrected chi connectivity index (χ2v) is 4.31.